The first-order chi connectivity index (χ1) is 13.6. The number of benzene rings is 3. The van der Waals surface area contributed by atoms with Gasteiger partial charge in [0.1, 0.15) is 0 Å². The Morgan fingerprint density at radius 3 is 2.29 bits per heavy atom. The highest BCUT2D eigenvalue weighted by Gasteiger charge is 2.26. The van der Waals surface area contributed by atoms with Crippen molar-refractivity contribution in [3.8, 4) is 11.1 Å². The molecule has 0 saturated carbocycles. The van der Waals surface area contributed by atoms with Gasteiger partial charge in [-0.2, -0.15) is 11.8 Å². The minimum atomic E-state index is 0.647. The molecule has 0 nitrogen and oxygen atoms in total. The van der Waals surface area contributed by atoms with E-state index in [0.29, 0.717) is 5.92 Å². The Balaban J connectivity index is 1.69. The quantitative estimate of drug-likeness (QED) is 0.440. The standard InChI is InChI=1S/C27H30S/c1-18-8-10-21(11-9-18)16-23-12-13-25-24(23)6-5-7-26(25)27-19(2)14-22(17-28-4)15-20(27)3/h5-11,14-15,23H,12-13,16-17H2,1-4H3. The lowest BCUT2D eigenvalue weighted by molar-refractivity contribution is 0.674. The molecule has 0 saturated heterocycles. The fraction of sp³-hybridized carbons (Fsp3) is 0.333. The maximum absolute atomic E-state index is 2.39. The largest absolute Gasteiger partial charge is 0.161 e. The molecule has 1 unspecified atom stereocenters. The molecular weight excluding hydrogens is 356 g/mol. The molecule has 1 aliphatic rings. The van der Waals surface area contributed by atoms with Gasteiger partial charge in [-0.3, -0.25) is 0 Å². The van der Waals surface area contributed by atoms with Crippen LogP contribution in [0, 0.1) is 20.8 Å². The van der Waals surface area contributed by atoms with Crippen molar-refractivity contribution in [1.82, 2.24) is 0 Å². The molecule has 0 aromatic heterocycles. The lowest BCUT2D eigenvalue weighted by atomic mass is 9.88. The van der Waals surface area contributed by atoms with E-state index in [2.05, 4.69) is 81.6 Å². The zero-order chi connectivity index (χ0) is 19.7. The lowest BCUT2D eigenvalue weighted by Crippen LogP contribution is -2.00. The second-order valence-corrected chi connectivity index (χ2v) is 9.20. The van der Waals surface area contributed by atoms with Crippen molar-refractivity contribution in [2.45, 2.75) is 51.7 Å². The predicted molar refractivity (Wildman–Crippen MR) is 125 cm³/mol. The van der Waals surface area contributed by atoms with Crippen molar-refractivity contribution < 1.29 is 0 Å². The lowest BCUT2D eigenvalue weighted by Gasteiger charge is -2.17. The van der Waals surface area contributed by atoms with Gasteiger partial charge in [0, 0.05) is 5.75 Å². The zero-order valence-electron chi connectivity index (χ0n) is 17.5. The Morgan fingerprint density at radius 1 is 0.893 bits per heavy atom. The number of thioether (sulfide) groups is 1. The summed E-state index contributed by atoms with van der Waals surface area (Å²) in [6, 6.07) is 20.8. The third-order valence-electron chi connectivity index (χ3n) is 6.17. The van der Waals surface area contributed by atoms with Crippen molar-refractivity contribution >= 4 is 11.8 Å². The molecule has 1 atom stereocenters. The molecule has 144 valence electrons. The molecule has 28 heavy (non-hydrogen) atoms. The molecule has 4 rings (SSSR count). The average molecular weight is 387 g/mol. The van der Waals surface area contributed by atoms with Gasteiger partial charge < -0.3 is 0 Å². The van der Waals surface area contributed by atoms with Crippen LogP contribution in [-0.4, -0.2) is 6.26 Å². The molecule has 0 heterocycles. The first kappa shape index (κ1) is 19.3. The first-order valence-corrected chi connectivity index (χ1v) is 11.7. The van der Waals surface area contributed by atoms with E-state index < -0.39 is 0 Å². The van der Waals surface area contributed by atoms with Crippen LogP contribution < -0.4 is 0 Å². The van der Waals surface area contributed by atoms with Gasteiger partial charge in [0.2, 0.25) is 0 Å². The number of hydrogen-bond donors (Lipinski definition) is 0. The van der Waals surface area contributed by atoms with Crippen LogP contribution in [0.25, 0.3) is 11.1 Å². The molecule has 3 aromatic carbocycles. The van der Waals surface area contributed by atoms with Gasteiger partial charge >= 0.3 is 0 Å². The van der Waals surface area contributed by atoms with E-state index in [-0.39, 0.29) is 0 Å². The summed E-state index contributed by atoms with van der Waals surface area (Å²) in [6.45, 7) is 6.73. The van der Waals surface area contributed by atoms with Crippen molar-refractivity contribution in [1.29, 1.82) is 0 Å². The molecule has 0 bridgehead atoms. The summed E-state index contributed by atoms with van der Waals surface area (Å²) < 4.78 is 0. The Bertz CT molecular complexity index is 959. The van der Waals surface area contributed by atoms with Crippen LogP contribution in [0.2, 0.25) is 0 Å². The van der Waals surface area contributed by atoms with Crippen molar-refractivity contribution in [2.75, 3.05) is 6.26 Å². The summed E-state index contributed by atoms with van der Waals surface area (Å²) in [6.07, 6.45) is 5.80. The fourth-order valence-electron chi connectivity index (χ4n) is 4.92. The molecule has 1 heteroatoms. The Kier molecular flexibility index (Phi) is 5.64. The van der Waals surface area contributed by atoms with Gasteiger partial charge in [-0.15, -0.1) is 0 Å². The minimum Gasteiger partial charge on any atom is -0.161 e. The van der Waals surface area contributed by atoms with E-state index in [4.69, 9.17) is 0 Å². The van der Waals surface area contributed by atoms with Crippen molar-refractivity contribution in [3.05, 3.63) is 93.5 Å². The van der Waals surface area contributed by atoms with Crippen molar-refractivity contribution in [3.63, 3.8) is 0 Å². The maximum Gasteiger partial charge on any atom is 0.0181 e. The summed E-state index contributed by atoms with van der Waals surface area (Å²) in [4.78, 5) is 0. The number of hydrogen-bond acceptors (Lipinski definition) is 1. The molecule has 0 N–H and O–H groups in total. The highest BCUT2D eigenvalue weighted by Crippen LogP contribution is 2.42. The van der Waals surface area contributed by atoms with Crippen LogP contribution in [0.1, 0.15) is 51.3 Å². The normalized spacial score (nSPS) is 15.6. The summed E-state index contributed by atoms with van der Waals surface area (Å²) in [7, 11) is 0. The van der Waals surface area contributed by atoms with E-state index in [1.807, 2.05) is 11.8 Å². The van der Waals surface area contributed by atoms with Crippen LogP contribution in [0.4, 0.5) is 0 Å². The van der Waals surface area contributed by atoms with Crippen LogP contribution in [0.3, 0.4) is 0 Å². The maximum atomic E-state index is 2.39. The summed E-state index contributed by atoms with van der Waals surface area (Å²) >= 11 is 1.90. The van der Waals surface area contributed by atoms with Crippen LogP contribution in [0.15, 0.2) is 54.6 Å². The molecule has 3 aromatic rings. The van der Waals surface area contributed by atoms with Gasteiger partial charge in [-0.25, -0.2) is 0 Å². The number of aryl methyl sites for hydroxylation is 3. The van der Waals surface area contributed by atoms with Gasteiger partial charge in [0.15, 0.2) is 0 Å². The minimum absolute atomic E-state index is 0.647. The smallest absolute Gasteiger partial charge is 0.0181 e. The van der Waals surface area contributed by atoms with Gasteiger partial charge in [0.05, 0.1) is 0 Å². The second kappa shape index (κ2) is 8.17. The van der Waals surface area contributed by atoms with Gasteiger partial charge in [-0.1, -0.05) is 60.2 Å². The van der Waals surface area contributed by atoms with Crippen LogP contribution in [0.5, 0.6) is 0 Å². The third-order valence-corrected chi connectivity index (χ3v) is 6.79. The van der Waals surface area contributed by atoms with E-state index in [0.717, 1.165) is 12.2 Å². The Hall–Kier alpha value is -1.99. The van der Waals surface area contributed by atoms with Gasteiger partial charge in [0.25, 0.3) is 0 Å². The van der Waals surface area contributed by atoms with Crippen LogP contribution in [-0.2, 0) is 18.6 Å². The molecular formula is C27H30S. The Morgan fingerprint density at radius 2 is 1.61 bits per heavy atom. The van der Waals surface area contributed by atoms with Gasteiger partial charge in [-0.05, 0) is 96.7 Å². The van der Waals surface area contributed by atoms with E-state index in [1.54, 1.807) is 11.1 Å². The molecule has 1 aliphatic carbocycles. The summed E-state index contributed by atoms with van der Waals surface area (Å²) in [5, 5.41) is 0. The highest BCUT2D eigenvalue weighted by atomic mass is 32.2. The molecule has 0 spiro atoms. The fourth-order valence-corrected chi connectivity index (χ4v) is 5.42. The summed E-state index contributed by atoms with van der Waals surface area (Å²) in [5.41, 5.74) is 13.2. The monoisotopic (exact) mass is 386 g/mol. The summed E-state index contributed by atoms with van der Waals surface area (Å²) in [5.74, 6) is 1.74. The van der Waals surface area contributed by atoms with E-state index in [1.165, 1.54) is 51.8 Å². The topological polar surface area (TPSA) is 0 Å². The first-order valence-electron chi connectivity index (χ1n) is 10.3. The average Bonchev–Trinajstić information content (AvgIpc) is 3.07. The van der Waals surface area contributed by atoms with E-state index in [9.17, 15) is 0 Å². The molecule has 0 aliphatic heterocycles. The second-order valence-electron chi connectivity index (χ2n) is 8.34. The van der Waals surface area contributed by atoms with Crippen LogP contribution >= 0.6 is 11.8 Å². The number of fused-ring (bicyclic) bond motifs is 1. The molecule has 0 radical (unpaired) electrons. The molecule has 0 fully saturated rings. The highest BCUT2D eigenvalue weighted by molar-refractivity contribution is 7.97. The predicted octanol–water partition coefficient (Wildman–Crippen LogP) is 7.41. The van der Waals surface area contributed by atoms with E-state index >= 15 is 0 Å². The SMILES string of the molecule is CSCc1cc(C)c(-c2cccc3c2CCC3Cc2ccc(C)cc2)c(C)c1. The zero-order valence-corrected chi connectivity index (χ0v) is 18.3. The van der Waals surface area contributed by atoms with Crippen molar-refractivity contribution in [2.24, 2.45) is 0 Å². The molecule has 0 amide bonds. The Labute approximate surface area is 174 Å². The number of rotatable bonds is 5. The third kappa shape index (κ3) is 3.78.